The van der Waals surface area contributed by atoms with Gasteiger partial charge in [0.15, 0.2) is 0 Å². The molecule has 0 aromatic heterocycles. The van der Waals surface area contributed by atoms with Crippen LogP contribution >= 0.6 is 20.7 Å². The number of halogens is 1. The van der Waals surface area contributed by atoms with E-state index in [0.29, 0.717) is 0 Å². The van der Waals surface area contributed by atoms with Gasteiger partial charge in [0, 0.05) is 20.7 Å². The summed E-state index contributed by atoms with van der Waals surface area (Å²) >= 11 is -1.28. The first-order valence-electron chi connectivity index (χ1n) is 1.55. The van der Waals surface area contributed by atoms with Crippen LogP contribution in [0.1, 0.15) is 0 Å². The van der Waals surface area contributed by atoms with Crippen molar-refractivity contribution in [1.82, 2.24) is 0 Å². The van der Waals surface area contributed by atoms with E-state index in [1.807, 2.05) is 0 Å². The molecule has 2 N–H and O–H groups in total. The minimum Gasteiger partial charge on any atom is -0.478 e. The summed E-state index contributed by atoms with van der Waals surface area (Å²) in [7, 11) is 0. The van der Waals surface area contributed by atoms with Crippen molar-refractivity contribution < 1.29 is 19.8 Å². The smallest absolute Gasteiger partial charge is 0.359 e. The predicted octanol–water partition coefficient (Wildman–Crippen LogP) is 0.522. The van der Waals surface area contributed by atoms with Crippen LogP contribution < -0.4 is 0 Å². The van der Waals surface area contributed by atoms with Gasteiger partial charge in [-0.3, -0.25) is 0 Å². The Morgan fingerprint density at radius 1 is 1.38 bits per heavy atom. The number of carbonyl (C=O) groups is 2. The highest BCUT2D eigenvalue weighted by Gasteiger charge is 1.89. The minimum absolute atomic E-state index is 0.793. The van der Waals surface area contributed by atoms with Gasteiger partial charge >= 0.3 is 9.95 Å². The molecule has 0 saturated heterocycles. The van der Waals surface area contributed by atoms with Gasteiger partial charge in [-0.15, -0.1) is 0 Å². The Morgan fingerprint density at radius 2 is 1.88 bits per heavy atom. The SMILES string of the molecule is O=C(O)C=IC(=O)O. The second kappa shape index (κ2) is 3.53. The van der Waals surface area contributed by atoms with E-state index in [2.05, 4.69) is 0 Å². The zero-order valence-electron chi connectivity index (χ0n) is 3.67. The van der Waals surface area contributed by atoms with Crippen LogP contribution in [0.2, 0.25) is 0 Å². The third-order valence-corrected chi connectivity index (χ3v) is 1.62. The average Bonchev–Trinajstić information content (AvgIpc) is 1.61. The minimum atomic E-state index is -1.28. The van der Waals surface area contributed by atoms with E-state index in [-0.39, 0.29) is 0 Å². The van der Waals surface area contributed by atoms with Gasteiger partial charge in [0.2, 0.25) is 0 Å². The van der Waals surface area contributed by atoms with Crippen LogP contribution in [0.15, 0.2) is 0 Å². The summed E-state index contributed by atoms with van der Waals surface area (Å²) < 4.78 is -0.229. The molecule has 0 aliphatic rings. The molecule has 46 valence electrons. The highest BCUT2D eigenvalue weighted by Crippen LogP contribution is 1.93. The quantitative estimate of drug-likeness (QED) is 0.535. The second-order valence-electron chi connectivity index (χ2n) is 0.809. The van der Waals surface area contributed by atoms with Gasteiger partial charge in [-0.2, -0.15) is 0 Å². The lowest BCUT2D eigenvalue weighted by atomic mass is 10.9. The van der Waals surface area contributed by atoms with Crippen LogP contribution in [0.3, 0.4) is 0 Å². The van der Waals surface area contributed by atoms with Crippen molar-refractivity contribution in [3.8, 4) is 0 Å². The number of hydrogen-bond donors (Lipinski definition) is 2. The molecule has 8 heavy (non-hydrogen) atoms. The molecule has 0 aliphatic heterocycles. The third kappa shape index (κ3) is 5.54. The molecule has 0 rings (SSSR count). The monoisotopic (exact) mass is 230 g/mol. The first-order valence-corrected chi connectivity index (χ1v) is 3.88. The molecular weight excluding hydrogens is 227 g/mol. The predicted molar refractivity (Wildman–Crippen MR) is 35.7 cm³/mol. The van der Waals surface area contributed by atoms with Gasteiger partial charge in [0.1, 0.15) is 0 Å². The first-order chi connectivity index (χ1) is 3.63. The summed E-state index contributed by atoms with van der Waals surface area (Å²) in [5, 5.41) is 15.8. The molecule has 0 atom stereocenters. The topological polar surface area (TPSA) is 74.6 Å². The molecule has 0 aromatic rings. The Labute approximate surface area is 54.9 Å². The van der Waals surface area contributed by atoms with Crippen molar-refractivity contribution in [2.45, 2.75) is 0 Å². The molecule has 0 aromatic carbocycles. The van der Waals surface area contributed by atoms with E-state index in [9.17, 15) is 9.59 Å². The zero-order chi connectivity index (χ0) is 6.57. The summed E-state index contributed by atoms with van der Waals surface area (Å²) in [6, 6.07) is 0. The summed E-state index contributed by atoms with van der Waals surface area (Å²) in [6.07, 6.45) is 0. The van der Waals surface area contributed by atoms with E-state index in [0.717, 1.165) is 4.01 Å². The fourth-order valence-electron chi connectivity index (χ4n) is 0.0933. The highest BCUT2D eigenvalue weighted by atomic mass is 127. The van der Waals surface area contributed by atoms with Crippen molar-refractivity contribution in [3.63, 3.8) is 0 Å². The van der Waals surface area contributed by atoms with Gasteiger partial charge in [-0.1, -0.05) is 0 Å². The third-order valence-electron chi connectivity index (χ3n) is 0.241. The van der Waals surface area contributed by atoms with Gasteiger partial charge in [-0.25, -0.2) is 9.59 Å². The summed E-state index contributed by atoms with van der Waals surface area (Å²) in [5.74, 6) is -1.15. The number of rotatable bonds is 2. The van der Waals surface area contributed by atoms with E-state index >= 15 is 0 Å². The lowest BCUT2D eigenvalue weighted by Gasteiger charge is -1.73. The van der Waals surface area contributed by atoms with E-state index in [1.54, 1.807) is 0 Å². The summed E-state index contributed by atoms with van der Waals surface area (Å²) in [4.78, 5) is 19.3. The lowest BCUT2D eigenvalue weighted by molar-refractivity contribution is -0.128. The first kappa shape index (κ1) is 7.54. The number of carboxylic acid groups (broad SMARTS) is 2. The molecular formula is C3H3IO4. The van der Waals surface area contributed by atoms with Crippen LogP contribution in [-0.2, 0) is 4.79 Å². The Kier molecular flexibility index (Phi) is 3.33. The molecule has 4 nitrogen and oxygen atoms in total. The van der Waals surface area contributed by atoms with Crippen molar-refractivity contribution >= 4 is 34.7 Å². The molecule has 0 fully saturated rings. The lowest BCUT2D eigenvalue weighted by Crippen LogP contribution is -1.92. The van der Waals surface area contributed by atoms with Gasteiger partial charge < -0.3 is 10.2 Å². The molecule has 0 saturated carbocycles. The molecule has 0 heterocycles. The fourth-order valence-corrected chi connectivity index (χ4v) is 0.626. The highest BCUT2D eigenvalue weighted by molar-refractivity contribution is 14.2. The van der Waals surface area contributed by atoms with Gasteiger partial charge in [-0.05, 0) is 0 Å². The second-order valence-corrected chi connectivity index (χ2v) is 2.98. The van der Waals surface area contributed by atoms with Crippen LogP contribution in [0, 0.1) is 0 Å². The zero-order valence-corrected chi connectivity index (χ0v) is 5.82. The summed E-state index contributed by atoms with van der Waals surface area (Å²) in [5.41, 5.74) is 0. The average molecular weight is 230 g/mol. The molecule has 0 amide bonds. The van der Waals surface area contributed by atoms with Crippen molar-refractivity contribution in [1.29, 1.82) is 0 Å². The van der Waals surface area contributed by atoms with E-state index in [4.69, 9.17) is 10.2 Å². The normalized spacial score (nSPS) is 10.5. The Hall–Kier alpha value is -0.460. The standard InChI is InChI=1S/C3H3IO4/c5-2(6)1-4-3(7)8/h1H,(H,5,6)(H,7,8). The molecule has 5 heteroatoms. The molecule has 0 aliphatic carbocycles. The van der Waals surface area contributed by atoms with Gasteiger partial charge in [0.25, 0.3) is 0 Å². The number of hydrogen-bond acceptors (Lipinski definition) is 2. The summed E-state index contributed by atoms with van der Waals surface area (Å²) in [6.45, 7) is 0. The van der Waals surface area contributed by atoms with E-state index in [1.165, 1.54) is 0 Å². The number of carboxylic acids is 1. The maximum atomic E-state index is 9.66. The number of aliphatic carboxylic acids is 1. The Bertz CT molecular complexity index is 122. The molecule has 0 unspecified atom stereocenters. The molecule has 0 spiro atoms. The maximum Gasteiger partial charge on any atom is 0.359 e. The molecule has 0 bridgehead atoms. The van der Waals surface area contributed by atoms with Gasteiger partial charge in [0.05, 0.1) is 4.01 Å². The van der Waals surface area contributed by atoms with Crippen LogP contribution in [0.4, 0.5) is 4.79 Å². The van der Waals surface area contributed by atoms with Crippen molar-refractivity contribution in [3.05, 3.63) is 0 Å². The van der Waals surface area contributed by atoms with E-state index < -0.39 is 30.7 Å². The fraction of sp³-hybridized carbons (Fsp3) is 0. The van der Waals surface area contributed by atoms with Crippen LogP contribution in [-0.4, -0.2) is 24.2 Å². The van der Waals surface area contributed by atoms with Crippen molar-refractivity contribution in [2.24, 2.45) is 0 Å². The largest absolute Gasteiger partial charge is 0.478 e. The van der Waals surface area contributed by atoms with Crippen LogP contribution in [0.5, 0.6) is 0 Å². The Morgan fingerprint density at radius 3 is 2.00 bits per heavy atom. The van der Waals surface area contributed by atoms with Crippen LogP contribution in [0.25, 0.3) is 0 Å². The van der Waals surface area contributed by atoms with Crippen molar-refractivity contribution in [2.75, 3.05) is 0 Å². The molecule has 0 radical (unpaired) electrons. The Balaban J connectivity index is 3.67. The maximum absolute atomic E-state index is 9.66.